The Labute approximate surface area is 117 Å². The molecule has 1 fully saturated rings. The van der Waals surface area contributed by atoms with Gasteiger partial charge in [-0.25, -0.2) is 8.78 Å². The van der Waals surface area contributed by atoms with Crippen LogP contribution in [-0.4, -0.2) is 11.1 Å². The Balaban J connectivity index is 2.20. The highest BCUT2D eigenvalue weighted by Gasteiger charge is 2.45. The van der Waals surface area contributed by atoms with Crippen molar-refractivity contribution in [2.45, 2.75) is 51.4 Å². The number of alkyl halides is 2. The smallest absolute Gasteiger partial charge is 0.303 e. The number of carbonyl (C=O) groups is 1. The van der Waals surface area contributed by atoms with Gasteiger partial charge in [0.2, 0.25) is 0 Å². The fourth-order valence-corrected chi connectivity index (χ4v) is 3.23. The molecule has 0 spiro atoms. The van der Waals surface area contributed by atoms with Crippen LogP contribution in [0.25, 0.3) is 0 Å². The van der Waals surface area contributed by atoms with Crippen LogP contribution in [0.4, 0.5) is 8.78 Å². The largest absolute Gasteiger partial charge is 0.481 e. The van der Waals surface area contributed by atoms with Crippen LogP contribution < -0.4 is 0 Å². The Kier molecular flexibility index (Phi) is 4.11. The highest BCUT2D eigenvalue weighted by atomic mass is 19.3. The van der Waals surface area contributed by atoms with E-state index >= 15 is 0 Å². The molecule has 1 aliphatic rings. The van der Waals surface area contributed by atoms with Crippen molar-refractivity contribution in [1.82, 2.24) is 0 Å². The van der Waals surface area contributed by atoms with Crippen molar-refractivity contribution in [2.24, 2.45) is 5.41 Å². The van der Waals surface area contributed by atoms with Crippen molar-refractivity contribution in [2.75, 3.05) is 0 Å². The second kappa shape index (κ2) is 5.51. The van der Waals surface area contributed by atoms with Crippen LogP contribution in [0.3, 0.4) is 0 Å². The fourth-order valence-electron chi connectivity index (χ4n) is 3.23. The molecular weight excluding hydrogens is 262 g/mol. The lowest BCUT2D eigenvalue weighted by molar-refractivity contribution is -0.141. The summed E-state index contributed by atoms with van der Waals surface area (Å²) in [6.45, 7) is 1.85. The van der Waals surface area contributed by atoms with E-state index in [1.54, 1.807) is 12.1 Å². The number of halogens is 2. The normalized spacial score (nSPS) is 18.1. The van der Waals surface area contributed by atoms with Gasteiger partial charge in [0, 0.05) is 12.0 Å². The van der Waals surface area contributed by atoms with Gasteiger partial charge in [-0.1, -0.05) is 42.7 Å². The van der Waals surface area contributed by atoms with E-state index in [4.69, 9.17) is 5.11 Å². The summed E-state index contributed by atoms with van der Waals surface area (Å²) >= 11 is 0. The number of hydrogen-bond acceptors (Lipinski definition) is 1. The SMILES string of the molecule is Cc1ccc(C(F)(F)CC2(CC(=O)O)CCCC2)cc1. The Morgan fingerprint density at radius 1 is 1.25 bits per heavy atom. The maximum Gasteiger partial charge on any atom is 0.303 e. The molecule has 110 valence electrons. The zero-order chi connectivity index (χ0) is 14.8. The molecule has 2 nitrogen and oxygen atoms in total. The number of aryl methyl sites for hydroxylation is 1. The van der Waals surface area contributed by atoms with Crippen molar-refractivity contribution in [1.29, 1.82) is 0 Å². The summed E-state index contributed by atoms with van der Waals surface area (Å²) in [6, 6.07) is 6.22. The standard InChI is InChI=1S/C16H20F2O2/c1-12-4-6-13(7-5-12)16(17,18)11-15(10-14(19)20)8-2-3-9-15/h4-7H,2-3,8-11H2,1H3,(H,19,20). The highest BCUT2D eigenvalue weighted by Crippen LogP contribution is 2.50. The maximum atomic E-state index is 14.4. The van der Waals surface area contributed by atoms with E-state index in [0.717, 1.165) is 18.4 Å². The van der Waals surface area contributed by atoms with E-state index in [9.17, 15) is 13.6 Å². The molecule has 0 heterocycles. The van der Waals surface area contributed by atoms with E-state index in [1.807, 2.05) is 6.92 Å². The molecule has 4 heteroatoms. The Morgan fingerprint density at radius 3 is 2.30 bits per heavy atom. The minimum atomic E-state index is -2.96. The predicted molar refractivity (Wildman–Crippen MR) is 72.8 cm³/mol. The third kappa shape index (κ3) is 3.35. The van der Waals surface area contributed by atoms with Crippen LogP contribution in [0, 0.1) is 12.3 Å². The molecule has 1 saturated carbocycles. The first-order valence-corrected chi connectivity index (χ1v) is 7.00. The lowest BCUT2D eigenvalue weighted by atomic mass is 9.76. The molecule has 0 aliphatic heterocycles. The van der Waals surface area contributed by atoms with E-state index in [0.29, 0.717) is 12.8 Å². The predicted octanol–water partition coefficient (Wildman–Crippen LogP) is 4.51. The Bertz CT molecular complexity index is 474. The van der Waals surface area contributed by atoms with Gasteiger partial charge in [-0.05, 0) is 25.2 Å². The molecule has 2 rings (SSSR count). The summed E-state index contributed by atoms with van der Waals surface area (Å²) < 4.78 is 28.9. The lowest BCUT2D eigenvalue weighted by Crippen LogP contribution is -2.29. The van der Waals surface area contributed by atoms with Crippen LogP contribution in [0.2, 0.25) is 0 Å². The quantitative estimate of drug-likeness (QED) is 0.862. The second-order valence-corrected chi connectivity index (χ2v) is 6.02. The minimum Gasteiger partial charge on any atom is -0.481 e. The summed E-state index contributed by atoms with van der Waals surface area (Å²) in [7, 11) is 0. The van der Waals surface area contributed by atoms with E-state index in [2.05, 4.69) is 0 Å². The molecule has 0 bridgehead atoms. The molecule has 1 aromatic rings. The average Bonchev–Trinajstić information content (AvgIpc) is 2.75. The first-order chi connectivity index (χ1) is 9.33. The van der Waals surface area contributed by atoms with Gasteiger partial charge in [0.05, 0.1) is 6.42 Å². The number of hydrogen-bond donors (Lipinski definition) is 1. The van der Waals surface area contributed by atoms with Gasteiger partial charge in [-0.15, -0.1) is 0 Å². The van der Waals surface area contributed by atoms with Gasteiger partial charge in [0.15, 0.2) is 0 Å². The molecule has 0 radical (unpaired) electrons. The van der Waals surface area contributed by atoms with E-state index in [-0.39, 0.29) is 18.4 Å². The topological polar surface area (TPSA) is 37.3 Å². The average molecular weight is 282 g/mol. The van der Waals surface area contributed by atoms with Crippen molar-refractivity contribution in [3.05, 3.63) is 35.4 Å². The molecule has 20 heavy (non-hydrogen) atoms. The van der Waals surface area contributed by atoms with E-state index in [1.165, 1.54) is 12.1 Å². The Hall–Kier alpha value is -1.45. The first-order valence-electron chi connectivity index (χ1n) is 7.00. The highest BCUT2D eigenvalue weighted by molar-refractivity contribution is 5.67. The summed E-state index contributed by atoms with van der Waals surface area (Å²) in [5, 5.41) is 9.00. The van der Waals surface area contributed by atoms with Crippen LogP contribution in [-0.2, 0) is 10.7 Å². The van der Waals surface area contributed by atoms with Gasteiger partial charge in [0.1, 0.15) is 0 Å². The Morgan fingerprint density at radius 2 is 1.80 bits per heavy atom. The number of carboxylic acid groups (broad SMARTS) is 1. The summed E-state index contributed by atoms with van der Waals surface area (Å²) in [5.41, 5.74) is 0.172. The molecule has 0 atom stereocenters. The fraction of sp³-hybridized carbons (Fsp3) is 0.562. The summed E-state index contributed by atoms with van der Waals surface area (Å²) in [6.07, 6.45) is 2.33. The molecule has 0 amide bonds. The monoisotopic (exact) mass is 282 g/mol. The summed E-state index contributed by atoms with van der Waals surface area (Å²) in [5.74, 6) is -3.94. The van der Waals surface area contributed by atoms with Gasteiger partial charge in [-0.2, -0.15) is 0 Å². The zero-order valence-electron chi connectivity index (χ0n) is 11.7. The molecule has 1 N–H and O–H groups in total. The number of aliphatic carboxylic acids is 1. The number of rotatable bonds is 5. The molecule has 0 saturated heterocycles. The second-order valence-electron chi connectivity index (χ2n) is 6.02. The summed E-state index contributed by atoms with van der Waals surface area (Å²) in [4.78, 5) is 11.0. The molecular formula is C16H20F2O2. The third-order valence-electron chi connectivity index (χ3n) is 4.26. The third-order valence-corrected chi connectivity index (χ3v) is 4.26. The van der Waals surface area contributed by atoms with Crippen LogP contribution >= 0.6 is 0 Å². The van der Waals surface area contributed by atoms with Crippen LogP contribution in [0.5, 0.6) is 0 Å². The van der Waals surface area contributed by atoms with E-state index < -0.39 is 17.3 Å². The molecule has 0 aromatic heterocycles. The van der Waals surface area contributed by atoms with Crippen molar-refractivity contribution < 1.29 is 18.7 Å². The maximum absolute atomic E-state index is 14.4. The van der Waals surface area contributed by atoms with Crippen LogP contribution in [0.1, 0.15) is 49.7 Å². The van der Waals surface area contributed by atoms with Crippen molar-refractivity contribution in [3.8, 4) is 0 Å². The zero-order valence-corrected chi connectivity index (χ0v) is 11.7. The number of carboxylic acids is 1. The van der Waals surface area contributed by atoms with Crippen LogP contribution in [0.15, 0.2) is 24.3 Å². The van der Waals surface area contributed by atoms with Gasteiger partial charge >= 0.3 is 5.97 Å². The number of benzene rings is 1. The molecule has 0 unspecified atom stereocenters. The molecule has 1 aliphatic carbocycles. The minimum absolute atomic E-state index is 0.0141. The lowest BCUT2D eigenvalue weighted by Gasteiger charge is -2.31. The van der Waals surface area contributed by atoms with Crippen molar-refractivity contribution >= 4 is 5.97 Å². The van der Waals surface area contributed by atoms with Gasteiger partial charge < -0.3 is 5.11 Å². The molecule has 1 aromatic carbocycles. The van der Waals surface area contributed by atoms with Gasteiger partial charge in [0.25, 0.3) is 5.92 Å². The van der Waals surface area contributed by atoms with Crippen molar-refractivity contribution in [3.63, 3.8) is 0 Å². The van der Waals surface area contributed by atoms with Gasteiger partial charge in [-0.3, -0.25) is 4.79 Å². The first kappa shape index (κ1) is 14.9.